The summed E-state index contributed by atoms with van der Waals surface area (Å²) < 4.78 is 0. The van der Waals surface area contributed by atoms with Gasteiger partial charge in [0.1, 0.15) is 0 Å². The summed E-state index contributed by atoms with van der Waals surface area (Å²) in [6.45, 7) is 0.100. The minimum absolute atomic E-state index is 0.0601. The number of benzene rings is 2. The highest BCUT2D eigenvalue weighted by molar-refractivity contribution is 6.30. The fraction of sp³-hybridized carbons (Fsp3) is 0.200. The summed E-state index contributed by atoms with van der Waals surface area (Å²) in [4.78, 5) is 0. The molecule has 0 fully saturated rings. The van der Waals surface area contributed by atoms with Crippen LogP contribution in [0.5, 0.6) is 0 Å². The lowest BCUT2D eigenvalue weighted by molar-refractivity contribution is 0.264. The van der Waals surface area contributed by atoms with Crippen LogP contribution in [0.4, 0.5) is 0 Å². The van der Waals surface area contributed by atoms with Gasteiger partial charge < -0.3 is 5.11 Å². The van der Waals surface area contributed by atoms with Gasteiger partial charge in [0.2, 0.25) is 0 Å². The molecule has 0 spiro atoms. The van der Waals surface area contributed by atoms with Crippen molar-refractivity contribution in [3.05, 3.63) is 69.7 Å². The molecule has 0 radical (unpaired) electrons. The highest BCUT2D eigenvalue weighted by atomic mass is 35.5. The Morgan fingerprint density at radius 2 is 1.67 bits per heavy atom. The predicted molar refractivity (Wildman–Crippen MR) is 76.4 cm³/mol. The summed E-state index contributed by atoms with van der Waals surface area (Å²) in [5.74, 6) is 0.0601. The first-order chi connectivity index (χ1) is 8.69. The van der Waals surface area contributed by atoms with Crippen LogP contribution in [-0.4, -0.2) is 11.7 Å². The average molecular weight is 281 g/mol. The van der Waals surface area contributed by atoms with Gasteiger partial charge in [-0.2, -0.15) is 0 Å². The van der Waals surface area contributed by atoms with E-state index in [1.807, 2.05) is 48.5 Å². The lowest BCUT2D eigenvalue weighted by Gasteiger charge is -2.15. The average Bonchev–Trinajstić information content (AvgIpc) is 2.38. The van der Waals surface area contributed by atoms with Gasteiger partial charge in [-0.25, -0.2) is 0 Å². The molecule has 18 heavy (non-hydrogen) atoms. The molecule has 0 aromatic heterocycles. The summed E-state index contributed by atoms with van der Waals surface area (Å²) in [5.41, 5.74) is 2.21. The third kappa shape index (κ3) is 3.49. The molecule has 2 aromatic carbocycles. The number of halogens is 2. The van der Waals surface area contributed by atoms with E-state index < -0.39 is 0 Å². The van der Waals surface area contributed by atoms with E-state index in [2.05, 4.69) is 0 Å². The van der Waals surface area contributed by atoms with E-state index in [1.54, 1.807) is 0 Å². The van der Waals surface area contributed by atoms with Gasteiger partial charge in [0.05, 0.1) is 6.61 Å². The van der Waals surface area contributed by atoms with E-state index >= 15 is 0 Å². The largest absolute Gasteiger partial charge is 0.396 e. The van der Waals surface area contributed by atoms with Gasteiger partial charge >= 0.3 is 0 Å². The first kappa shape index (κ1) is 13.4. The normalized spacial score (nSPS) is 12.4. The molecular weight excluding hydrogens is 267 g/mol. The molecular formula is C15H14Cl2O. The molecule has 3 heteroatoms. The summed E-state index contributed by atoms with van der Waals surface area (Å²) in [7, 11) is 0. The van der Waals surface area contributed by atoms with E-state index in [0.29, 0.717) is 5.02 Å². The molecule has 2 rings (SSSR count). The Balaban J connectivity index is 2.17. The van der Waals surface area contributed by atoms with E-state index in [1.165, 1.54) is 0 Å². The Kier molecular flexibility index (Phi) is 4.65. The zero-order chi connectivity index (χ0) is 13.0. The van der Waals surface area contributed by atoms with Crippen molar-refractivity contribution >= 4 is 23.2 Å². The molecule has 0 amide bonds. The van der Waals surface area contributed by atoms with Crippen LogP contribution in [0.3, 0.4) is 0 Å². The second kappa shape index (κ2) is 6.24. The van der Waals surface area contributed by atoms with Gasteiger partial charge in [0.15, 0.2) is 0 Å². The minimum atomic E-state index is 0.0601. The topological polar surface area (TPSA) is 20.2 Å². The second-order valence-corrected chi connectivity index (χ2v) is 5.14. The van der Waals surface area contributed by atoms with Crippen LogP contribution in [0, 0.1) is 0 Å². The molecule has 0 aliphatic carbocycles. The smallest absolute Gasteiger partial charge is 0.0502 e. The Hall–Kier alpha value is -1.02. The van der Waals surface area contributed by atoms with Crippen LogP contribution in [-0.2, 0) is 6.42 Å². The standard InChI is InChI=1S/C15H14Cl2O/c16-14-6-4-11(5-7-14)8-13(10-18)12-2-1-3-15(17)9-12/h1-7,9,13,18H,8,10H2. The maximum atomic E-state index is 9.52. The fourth-order valence-electron chi connectivity index (χ4n) is 1.95. The number of rotatable bonds is 4. The highest BCUT2D eigenvalue weighted by Gasteiger charge is 2.11. The number of aliphatic hydroxyl groups is 1. The zero-order valence-electron chi connectivity index (χ0n) is 9.81. The third-order valence-corrected chi connectivity index (χ3v) is 3.42. The van der Waals surface area contributed by atoms with Crippen molar-refractivity contribution in [1.82, 2.24) is 0 Å². The van der Waals surface area contributed by atoms with E-state index in [-0.39, 0.29) is 12.5 Å². The minimum Gasteiger partial charge on any atom is -0.396 e. The van der Waals surface area contributed by atoms with Gasteiger partial charge in [-0.05, 0) is 41.8 Å². The van der Waals surface area contributed by atoms with Crippen LogP contribution in [0.1, 0.15) is 17.0 Å². The summed E-state index contributed by atoms with van der Waals surface area (Å²) in [5, 5.41) is 10.9. The van der Waals surface area contributed by atoms with E-state index in [0.717, 1.165) is 22.6 Å². The fourth-order valence-corrected chi connectivity index (χ4v) is 2.28. The van der Waals surface area contributed by atoms with Crippen LogP contribution in [0.15, 0.2) is 48.5 Å². The van der Waals surface area contributed by atoms with Crippen LogP contribution >= 0.6 is 23.2 Å². The molecule has 0 aliphatic heterocycles. The molecule has 1 atom stereocenters. The van der Waals surface area contributed by atoms with Gasteiger partial charge in [-0.1, -0.05) is 47.5 Å². The first-order valence-electron chi connectivity index (χ1n) is 5.80. The molecule has 0 bridgehead atoms. The first-order valence-corrected chi connectivity index (χ1v) is 6.55. The third-order valence-electron chi connectivity index (χ3n) is 2.94. The highest BCUT2D eigenvalue weighted by Crippen LogP contribution is 2.23. The molecule has 1 nitrogen and oxygen atoms in total. The number of aliphatic hydroxyl groups excluding tert-OH is 1. The van der Waals surface area contributed by atoms with Crippen molar-refractivity contribution in [3.8, 4) is 0 Å². The molecule has 0 aliphatic rings. The number of hydrogen-bond acceptors (Lipinski definition) is 1. The van der Waals surface area contributed by atoms with Gasteiger partial charge in [-0.15, -0.1) is 0 Å². The maximum Gasteiger partial charge on any atom is 0.0502 e. The molecule has 1 unspecified atom stereocenters. The van der Waals surface area contributed by atoms with Gasteiger partial charge in [0.25, 0.3) is 0 Å². The summed E-state index contributed by atoms with van der Waals surface area (Å²) >= 11 is 11.8. The van der Waals surface area contributed by atoms with E-state index in [9.17, 15) is 5.11 Å². The van der Waals surface area contributed by atoms with Gasteiger partial charge in [-0.3, -0.25) is 0 Å². The monoisotopic (exact) mass is 280 g/mol. The molecule has 0 heterocycles. The molecule has 0 saturated carbocycles. The second-order valence-electron chi connectivity index (χ2n) is 4.27. The Bertz CT molecular complexity index is 508. The maximum absolute atomic E-state index is 9.52. The van der Waals surface area contributed by atoms with Gasteiger partial charge in [0, 0.05) is 16.0 Å². The van der Waals surface area contributed by atoms with Crippen molar-refractivity contribution in [2.24, 2.45) is 0 Å². The Labute approximate surface area is 117 Å². The summed E-state index contributed by atoms with van der Waals surface area (Å²) in [6, 6.07) is 15.3. The zero-order valence-corrected chi connectivity index (χ0v) is 11.3. The molecule has 0 saturated heterocycles. The Morgan fingerprint density at radius 1 is 0.944 bits per heavy atom. The van der Waals surface area contributed by atoms with Crippen molar-refractivity contribution in [2.75, 3.05) is 6.61 Å². The van der Waals surface area contributed by atoms with Crippen LogP contribution < -0.4 is 0 Å². The van der Waals surface area contributed by atoms with Crippen molar-refractivity contribution in [1.29, 1.82) is 0 Å². The molecule has 94 valence electrons. The van der Waals surface area contributed by atoms with Crippen molar-refractivity contribution < 1.29 is 5.11 Å². The van der Waals surface area contributed by atoms with Crippen molar-refractivity contribution in [3.63, 3.8) is 0 Å². The quantitative estimate of drug-likeness (QED) is 0.885. The Morgan fingerprint density at radius 3 is 2.28 bits per heavy atom. The molecule has 2 aromatic rings. The lowest BCUT2D eigenvalue weighted by atomic mass is 9.93. The SMILES string of the molecule is OCC(Cc1ccc(Cl)cc1)c1cccc(Cl)c1. The van der Waals surface area contributed by atoms with Crippen LogP contribution in [0.25, 0.3) is 0 Å². The lowest BCUT2D eigenvalue weighted by Crippen LogP contribution is -2.07. The van der Waals surface area contributed by atoms with E-state index in [4.69, 9.17) is 23.2 Å². The van der Waals surface area contributed by atoms with Crippen molar-refractivity contribution in [2.45, 2.75) is 12.3 Å². The summed E-state index contributed by atoms with van der Waals surface area (Å²) in [6.07, 6.45) is 0.772. The van der Waals surface area contributed by atoms with Crippen LogP contribution in [0.2, 0.25) is 10.0 Å². The predicted octanol–water partition coefficient (Wildman–Crippen LogP) is 4.31. The molecule has 1 N–H and O–H groups in total. The number of hydrogen-bond donors (Lipinski definition) is 1.